The van der Waals surface area contributed by atoms with Crippen molar-refractivity contribution in [2.24, 2.45) is 7.05 Å². The Bertz CT molecular complexity index is 665. The fraction of sp³-hybridized carbons (Fsp3) is 0.333. The van der Waals surface area contributed by atoms with Crippen LogP contribution < -0.4 is 0 Å². The predicted octanol–water partition coefficient (Wildman–Crippen LogP) is 1.10. The van der Waals surface area contributed by atoms with E-state index in [2.05, 4.69) is 22.7 Å². The van der Waals surface area contributed by atoms with Crippen molar-refractivity contribution in [1.82, 2.24) is 19.3 Å². The van der Waals surface area contributed by atoms with Crippen LogP contribution in [0.4, 0.5) is 11.5 Å². The normalized spacial score (nSPS) is 12.3. The summed E-state index contributed by atoms with van der Waals surface area (Å²) in [7, 11) is 1.52. The smallest absolute Gasteiger partial charge is 0.342 e. The van der Waals surface area contributed by atoms with E-state index < -0.39 is 15.2 Å². The molecular formula is C9H10N6O4S. The molecule has 10 nitrogen and oxygen atoms in total. The average Bonchev–Trinajstić information content (AvgIpc) is 2.97. The first-order valence-electron chi connectivity index (χ1n) is 5.41. The van der Waals surface area contributed by atoms with Gasteiger partial charge in [0.1, 0.15) is 24.0 Å². The Morgan fingerprint density at radius 1 is 1.35 bits per heavy atom. The lowest BCUT2D eigenvalue weighted by Gasteiger charge is -2.08. The number of hydrogen-bond acceptors (Lipinski definition) is 7. The number of imidazole rings is 1. The Morgan fingerprint density at radius 2 is 2.05 bits per heavy atom. The molecule has 0 fully saturated rings. The molecule has 20 heavy (non-hydrogen) atoms. The summed E-state index contributed by atoms with van der Waals surface area (Å²) in [4.78, 5) is 24.1. The molecule has 0 aliphatic carbocycles. The van der Waals surface area contributed by atoms with Gasteiger partial charge in [-0.1, -0.05) is 0 Å². The fourth-order valence-corrected chi connectivity index (χ4v) is 1.93. The van der Waals surface area contributed by atoms with Gasteiger partial charge in [-0.15, -0.1) is 0 Å². The molecule has 2 aromatic rings. The van der Waals surface area contributed by atoms with Crippen LogP contribution in [-0.4, -0.2) is 29.2 Å². The van der Waals surface area contributed by atoms with E-state index >= 15 is 0 Å². The molecule has 0 bridgehead atoms. The second kappa shape index (κ2) is 5.28. The fourth-order valence-electron chi connectivity index (χ4n) is 1.64. The molecule has 0 aliphatic rings. The second-order valence-corrected chi connectivity index (χ2v) is 4.57. The Labute approximate surface area is 117 Å². The minimum absolute atomic E-state index is 0.132. The Morgan fingerprint density at radius 3 is 2.55 bits per heavy atom. The first kappa shape index (κ1) is 14.0. The Balaban J connectivity index is 2.16. The summed E-state index contributed by atoms with van der Waals surface area (Å²) >= 11 is 4.28. The van der Waals surface area contributed by atoms with Gasteiger partial charge in [0.25, 0.3) is 0 Å². The van der Waals surface area contributed by atoms with Crippen LogP contribution >= 0.6 is 12.6 Å². The molecule has 0 saturated carbocycles. The van der Waals surface area contributed by atoms with Crippen LogP contribution in [0.5, 0.6) is 0 Å². The van der Waals surface area contributed by atoms with E-state index in [1.807, 2.05) is 0 Å². The molecule has 2 aromatic heterocycles. The van der Waals surface area contributed by atoms with E-state index in [0.717, 1.165) is 12.4 Å². The van der Waals surface area contributed by atoms with Gasteiger partial charge >= 0.3 is 11.5 Å². The lowest BCUT2D eigenvalue weighted by Crippen LogP contribution is -2.10. The molecule has 0 radical (unpaired) electrons. The van der Waals surface area contributed by atoms with E-state index in [9.17, 15) is 20.2 Å². The van der Waals surface area contributed by atoms with Crippen LogP contribution in [0.3, 0.4) is 0 Å². The summed E-state index contributed by atoms with van der Waals surface area (Å²) in [5.41, 5.74) is -0.144. The van der Waals surface area contributed by atoms with Gasteiger partial charge in [-0.3, -0.25) is 14.8 Å². The molecule has 0 aliphatic heterocycles. The molecule has 2 rings (SSSR count). The molecule has 0 amide bonds. The number of rotatable bonds is 5. The zero-order valence-electron chi connectivity index (χ0n) is 10.3. The van der Waals surface area contributed by atoms with Crippen LogP contribution in [0, 0.1) is 20.2 Å². The van der Waals surface area contributed by atoms with Gasteiger partial charge in [-0.05, 0) is 4.92 Å². The highest BCUT2D eigenvalue weighted by molar-refractivity contribution is 7.80. The molecule has 2 heterocycles. The third-order valence-electron chi connectivity index (χ3n) is 2.72. The Hall–Kier alpha value is -2.43. The quantitative estimate of drug-likeness (QED) is 0.501. The summed E-state index contributed by atoms with van der Waals surface area (Å²) in [5.74, 6) is 0.307. The second-order valence-electron chi connectivity index (χ2n) is 3.97. The summed E-state index contributed by atoms with van der Waals surface area (Å²) in [6, 6.07) is 0. The maximum atomic E-state index is 10.7. The van der Waals surface area contributed by atoms with Crippen molar-refractivity contribution in [3.63, 3.8) is 0 Å². The average molecular weight is 298 g/mol. The number of aromatic nitrogens is 4. The first-order valence-corrected chi connectivity index (χ1v) is 5.93. The third kappa shape index (κ3) is 2.61. The Kier molecular flexibility index (Phi) is 3.70. The summed E-state index contributed by atoms with van der Waals surface area (Å²) in [6.45, 7) is 0. The van der Waals surface area contributed by atoms with Crippen LogP contribution in [-0.2, 0) is 13.5 Å². The molecule has 0 spiro atoms. The van der Waals surface area contributed by atoms with Gasteiger partial charge < -0.3 is 10.1 Å². The number of hydrogen-bond donors (Lipinski definition) is 1. The molecule has 0 aromatic carbocycles. The lowest BCUT2D eigenvalue weighted by molar-refractivity contribution is -0.391. The van der Waals surface area contributed by atoms with Crippen LogP contribution in [0.1, 0.15) is 11.2 Å². The van der Waals surface area contributed by atoms with Crippen molar-refractivity contribution < 1.29 is 9.85 Å². The predicted molar refractivity (Wildman–Crippen MR) is 70.5 cm³/mol. The van der Waals surface area contributed by atoms with Crippen molar-refractivity contribution in [3.05, 3.63) is 44.6 Å². The third-order valence-corrected chi connectivity index (χ3v) is 3.14. The van der Waals surface area contributed by atoms with Crippen molar-refractivity contribution >= 4 is 24.1 Å². The van der Waals surface area contributed by atoms with Crippen LogP contribution in [0.2, 0.25) is 0 Å². The highest BCUT2D eigenvalue weighted by Crippen LogP contribution is 2.21. The zero-order valence-corrected chi connectivity index (χ0v) is 11.2. The van der Waals surface area contributed by atoms with Gasteiger partial charge in [0, 0.05) is 0 Å². The largest absolute Gasteiger partial charge is 0.358 e. The van der Waals surface area contributed by atoms with Crippen LogP contribution in [0.15, 0.2) is 18.6 Å². The minimum atomic E-state index is -0.560. The molecule has 1 atom stereocenters. The van der Waals surface area contributed by atoms with Crippen molar-refractivity contribution in [2.45, 2.75) is 11.8 Å². The van der Waals surface area contributed by atoms with E-state index in [1.54, 1.807) is 0 Å². The molecule has 11 heteroatoms. The summed E-state index contributed by atoms with van der Waals surface area (Å²) in [5, 5.41) is 24.6. The maximum Gasteiger partial charge on any atom is 0.342 e. The molecule has 1 unspecified atom stereocenters. The summed E-state index contributed by atoms with van der Waals surface area (Å²) in [6.07, 6.45) is 3.76. The number of thiol groups is 1. The highest BCUT2D eigenvalue weighted by Gasteiger charge is 2.21. The van der Waals surface area contributed by atoms with Gasteiger partial charge in [-0.2, -0.15) is 17.7 Å². The van der Waals surface area contributed by atoms with Gasteiger partial charge in [0.2, 0.25) is 0 Å². The van der Waals surface area contributed by atoms with Gasteiger partial charge in [0.05, 0.1) is 18.4 Å². The van der Waals surface area contributed by atoms with Gasteiger partial charge in [-0.25, -0.2) is 9.55 Å². The number of nitrogens with zero attached hydrogens (tertiary/aromatic N) is 6. The van der Waals surface area contributed by atoms with E-state index in [1.165, 1.54) is 22.5 Å². The van der Waals surface area contributed by atoms with E-state index in [4.69, 9.17) is 0 Å². The van der Waals surface area contributed by atoms with Gasteiger partial charge in [0.15, 0.2) is 5.82 Å². The standard InChI is InChI=1S/C9H10N6O4S/c1-12-7(10-4-8(12)15(18)19)2-9(20)13-5-6(3-11-13)14(16)17/h3-5,9,20H,2H2,1H3. The SMILES string of the molecule is Cn1c([N+](=O)[O-])cnc1CC(S)n1cc([N+](=O)[O-])cn1. The van der Waals surface area contributed by atoms with Crippen molar-refractivity contribution in [2.75, 3.05) is 0 Å². The topological polar surface area (TPSA) is 122 Å². The van der Waals surface area contributed by atoms with Crippen LogP contribution in [0.25, 0.3) is 0 Å². The molecule has 106 valence electrons. The van der Waals surface area contributed by atoms with Crippen molar-refractivity contribution in [3.8, 4) is 0 Å². The lowest BCUT2D eigenvalue weighted by atomic mass is 10.4. The molecule has 0 N–H and O–H groups in total. The minimum Gasteiger partial charge on any atom is -0.358 e. The maximum absolute atomic E-state index is 10.7. The van der Waals surface area contributed by atoms with Crippen molar-refractivity contribution in [1.29, 1.82) is 0 Å². The van der Waals surface area contributed by atoms with E-state index in [0.29, 0.717) is 5.82 Å². The highest BCUT2D eigenvalue weighted by atomic mass is 32.1. The number of nitro groups is 2. The monoisotopic (exact) mass is 298 g/mol. The zero-order chi connectivity index (χ0) is 14.9. The summed E-state index contributed by atoms with van der Waals surface area (Å²) < 4.78 is 2.64. The first-order chi connectivity index (χ1) is 9.40. The molecular weight excluding hydrogens is 288 g/mol. The molecule has 0 saturated heterocycles. The van der Waals surface area contributed by atoms with E-state index in [-0.39, 0.29) is 17.9 Å².